The van der Waals surface area contributed by atoms with E-state index in [2.05, 4.69) is 0 Å². The number of hydrogen-bond acceptors (Lipinski definition) is 4. The number of carbonyl (C=O) groups is 3. The van der Waals surface area contributed by atoms with Crippen molar-refractivity contribution in [3.8, 4) is 0 Å². The summed E-state index contributed by atoms with van der Waals surface area (Å²) in [5, 5.41) is 0. The molecule has 0 spiro atoms. The van der Waals surface area contributed by atoms with Crippen LogP contribution in [0.15, 0.2) is 109 Å². The van der Waals surface area contributed by atoms with E-state index in [9.17, 15) is 14.4 Å². The van der Waals surface area contributed by atoms with Crippen molar-refractivity contribution < 1.29 is 19.1 Å². The van der Waals surface area contributed by atoms with Crippen LogP contribution >= 0.6 is 0 Å². The highest BCUT2D eigenvalue weighted by Crippen LogP contribution is 2.32. The normalized spacial score (nSPS) is 18.0. The molecule has 0 fully saturated rings. The van der Waals surface area contributed by atoms with Crippen LogP contribution in [0, 0.1) is 0 Å². The molecule has 0 aliphatic carbocycles. The second kappa shape index (κ2) is 9.71. The van der Waals surface area contributed by atoms with E-state index in [-0.39, 0.29) is 11.7 Å². The van der Waals surface area contributed by atoms with Crippen LogP contribution in [0.1, 0.15) is 27.5 Å². The molecule has 4 rings (SSSR count). The zero-order valence-electron chi connectivity index (χ0n) is 17.2. The molecule has 0 aromatic heterocycles. The number of nitrogens with zero attached hydrogens (tertiary/aromatic N) is 1. The molecule has 0 N–H and O–H groups in total. The summed E-state index contributed by atoms with van der Waals surface area (Å²) in [7, 11) is 0. The summed E-state index contributed by atoms with van der Waals surface area (Å²) < 4.78 is 5.64. The molecule has 158 valence electrons. The van der Waals surface area contributed by atoms with E-state index in [4.69, 9.17) is 4.74 Å². The second-order valence-electron chi connectivity index (χ2n) is 7.26. The van der Waals surface area contributed by atoms with Gasteiger partial charge in [-0.3, -0.25) is 9.59 Å². The topological polar surface area (TPSA) is 63.7 Å². The number of ether oxygens (including phenoxy) is 1. The maximum Gasteiger partial charge on any atom is 0.338 e. The fourth-order valence-electron chi connectivity index (χ4n) is 3.54. The number of benzene rings is 3. The van der Waals surface area contributed by atoms with Crippen LogP contribution in [-0.4, -0.2) is 28.7 Å². The zero-order valence-corrected chi connectivity index (χ0v) is 17.2. The van der Waals surface area contributed by atoms with Gasteiger partial charge >= 0.3 is 5.97 Å². The summed E-state index contributed by atoms with van der Waals surface area (Å²) in [6.45, 7) is 0. The third-order valence-electron chi connectivity index (χ3n) is 5.12. The molecule has 0 saturated heterocycles. The van der Waals surface area contributed by atoms with Gasteiger partial charge in [0.05, 0.1) is 5.56 Å². The first-order valence-corrected chi connectivity index (χ1v) is 10.2. The molecule has 0 unspecified atom stereocenters. The predicted octanol–water partition coefficient (Wildman–Crippen LogP) is 4.59. The van der Waals surface area contributed by atoms with Crippen LogP contribution in [-0.2, 0) is 14.3 Å². The molecule has 0 radical (unpaired) electrons. The van der Waals surface area contributed by atoms with Gasteiger partial charge in [-0.05, 0) is 29.3 Å². The first-order chi connectivity index (χ1) is 15.6. The fourth-order valence-corrected chi connectivity index (χ4v) is 3.54. The summed E-state index contributed by atoms with van der Waals surface area (Å²) in [6.07, 6.45) is 4.71. The maximum atomic E-state index is 13.1. The van der Waals surface area contributed by atoms with Gasteiger partial charge in [0.15, 0.2) is 11.9 Å². The quantitative estimate of drug-likeness (QED) is 0.445. The van der Waals surface area contributed by atoms with Crippen LogP contribution in [0.3, 0.4) is 0 Å². The fraction of sp³-hybridized carbons (Fsp3) is 0.0741. The standard InChI is InChI=1S/C27H21NO4/c29-23-18-19-28(24(30)17-16-20-10-4-1-5-11-20)25(21-12-6-2-7-13-21)26(23)32-27(31)22-14-8-3-9-15-22/h1-19,25-26H/b17-16+/t25-,26+/m1/s1. The molecule has 5 nitrogen and oxygen atoms in total. The van der Waals surface area contributed by atoms with E-state index in [1.807, 2.05) is 60.7 Å². The molecule has 5 heteroatoms. The van der Waals surface area contributed by atoms with E-state index in [0.29, 0.717) is 11.1 Å². The molecule has 1 heterocycles. The lowest BCUT2D eigenvalue weighted by molar-refractivity contribution is -0.135. The van der Waals surface area contributed by atoms with Crippen molar-refractivity contribution in [1.82, 2.24) is 4.90 Å². The average Bonchev–Trinajstić information content (AvgIpc) is 2.85. The molecule has 0 bridgehead atoms. The van der Waals surface area contributed by atoms with Crippen molar-refractivity contribution in [3.05, 3.63) is 126 Å². The SMILES string of the molecule is O=C(O[C@H]1C(=O)C=CN(C(=O)/C=C/c2ccccc2)[C@@H]1c1ccccc1)c1ccccc1. The Morgan fingerprint density at radius 2 is 1.41 bits per heavy atom. The Balaban J connectivity index is 1.66. The van der Waals surface area contributed by atoms with Crippen LogP contribution in [0.4, 0.5) is 0 Å². The van der Waals surface area contributed by atoms with Crippen molar-refractivity contribution in [3.63, 3.8) is 0 Å². The van der Waals surface area contributed by atoms with Gasteiger partial charge in [-0.1, -0.05) is 78.9 Å². The molecule has 1 aliphatic rings. The number of amides is 1. The largest absolute Gasteiger partial charge is 0.448 e. The summed E-state index contributed by atoms with van der Waals surface area (Å²) >= 11 is 0. The number of carbonyl (C=O) groups excluding carboxylic acids is 3. The number of ketones is 1. The van der Waals surface area contributed by atoms with Gasteiger partial charge in [0.2, 0.25) is 0 Å². The Labute approximate surface area is 186 Å². The molecule has 2 atom stereocenters. The smallest absolute Gasteiger partial charge is 0.338 e. The van der Waals surface area contributed by atoms with Gasteiger partial charge in [-0.15, -0.1) is 0 Å². The number of rotatable bonds is 5. The molecule has 1 amide bonds. The minimum absolute atomic E-state index is 0.327. The minimum Gasteiger partial charge on any atom is -0.448 e. The van der Waals surface area contributed by atoms with Gasteiger partial charge in [-0.2, -0.15) is 0 Å². The Morgan fingerprint density at radius 3 is 2.06 bits per heavy atom. The van der Waals surface area contributed by atoms with Crippen molar-refractivity contribution in [1.29, 1.82) is 0 Å². The zero-order chi connectivity index (χ0) is 22.3. The highest BCUT2D eigenvalue weighted by molar-refractivity contribution is 6.01. The molecule has 3 aromatic carbocycles. The summed E-state index contributed by atoms with van der Waals surface area (Å²) in [4.78, 5) is 40.0. The third kappa shape index (κ3) is 4.73. The minimum atomic E-state index is -1.16. The highest BCUT2D eigenvalue weighted by atomic mass is 16.5. The Hall–Kier alpha value is -4.25. The van der Waals surface area contributed by atoms with Crippen molar-refractivity contribution in [2.75, 3.05) is 0 Å². The molecule has 3 aromatic rings. The van der Waals surface area contributed by atoms with E-state index in [0.717, 1.165) is 5.56 Å². The van der Waals surface area contributed by atoms with Crippen LogP contribution in [0.2, 0.25) is 0 Å². The van der Waals surface area contributed by atoms with E-state index >= 15 is 0 Å². The monoisotopic (exact) mass is 423 g/mol. The van der Waals surface area contributed by atoms with Gasteiger partial charge in [-0.25, -0.2) is 4.79 Å². The molecular weight excluding hydrogens is 402 g/mol. The molecule has 0 saturated carbocycles. The lowest BCUT2D eigenvalue weighted by atomic mass is 9.94. The summed E-state index contributed by atoms with van der Waals surface area (Å²) in [5.74, 6) is -1.32. The number of hydrogen-bond donors (Lipinski definition) is 0. The van der Waals surface area contributed by atoms with Crippen molar-refractivity contribution in [2.45, 2.75) is 12.1 Å². The first-order valence-electron chi connectivity index (χ1n) is 10.2. The van der Waals surface area contributed by atoms with E-state index in [1.54, 1.807) is 36.4 Å². The summed E-state index contributed by atoms with van der Waals surface area (Å²) in [6, 6.07) is 26.2. The predicted molar refractivity (Wildman–Crippen MR) is 121 cm³/mol. The maximum absolute atomic E-state index is 13.1. The van der Waals surface area contributed by atoms with Gasteiger partial charge in [0, 0.05) is 18.4 Å². The third-order valence-corrected chi connectivity index (χ3v) is 5.12. The van der Waals surface area contributed by atoms with Crippen molar-refractivity contribution in [2.24, 2.45) is 0 Å². The molecule has 1 aliphatic heterocycles. The van der Waals surface area contributed by atoms with E-state index in [1.165, 1.54) is 23.3 Å². The van der Waals surface area contributed by atoms with Crippen LogP contribution in [0.5, 0.6) is 0 Å². The second-order valence-corrected chi connectivity index (χ2v) is 7.26. The van der Waals surface area contributed by atoms with Crippen molar-refractivity contribution >= 4 is 23.7 Å². The lowest BCUT2D eigenvalue weighted by Gasteiger charge is -2.36. The van der Waals surface area contributed by atoms with E-state index < -0.39 is 18.1 Å². The Bertz CT molecular complexity index is 1150. The highest BCUT2D eigenvalue weighted by Gasteiger charge is 2.40. The van der Waals surface area contributed by atoms with Gasteiger partial charge < -0.3 is 9.64 Å². The number of esters is 1. The van der Waals surface area contributed by atoms with Crippen LogP contribution in [0.25, 0.3) is 6.08 Å². The molecule has 32 heavy (non-hydrogen) atoms. The Kier molecular flexibility index (Phi) is 6.37. The van der Waals surface area contributed by atoms with Gasteiger partial charge in [0.1, 0.15) is 6.04 Å². The summed E-state index contributed by atoms with van der Waals surface area (Å²) in [5.41, 5.74) is 1.90. The van der Waals surface area contributed by atoms with Gasteiger partial charge in [0.25, 0.3) is 5.91 Å². The Morgan fingerprint density at radius 1 is 0.812 bits per heavy atom. The average molecular weight is 423 g/mol. The van der Waals surface area contributed by atoms with Crippen LogP contribution < -0.4 is 0 Å². The lowest BCUT2D eigenvalue weighted by Crippen LogP contribution is -2.45. The molecular formula is C27H21NO4. The first kappa shape index (κ1) is 21.0.